The third-order valence-corrected chi connectivity index (χ3v) is 3.66. The van der Waals surface area contributed by atoms with E-state index in [4.69, 9.17) is 5.73 Å². The molecule has 0 unspecified atom stereocenters. The zero-order valence-corrected chi connectivity index (χ0v) is 10.9. The fourth-order valence-electron chi connectivity index (χ4n) is 2.68. The number of fused-ring (bicyclic) bond motifs is 1. The molecule has 2 N–H and O–H groups in total. The van der Waals surface area contributed by atoms with Gasteiger partial charge in [0.15, 0.2) is 0 Å². The number of benzene rings is 2. The van der Waals surface area contributed by atoms with Gasteiger partial charge in [0, 0.05) is 24.8 Å². The summed E-state index contributed by atoms with van der Waals surface area (Å²) in [4.78, 5) is 2.25. The molecule has 0 fully saturated rings. The van der Waals surface area contributed by atoms with Crippen molar-refractivity contribution in [3.05, 3.63) is 65.0 Å². The Morgan fingerprint density at radius 3 is 2.32 bits per heavy atom. The highest BCUT2D eigenvalue weighted by atomic mass is 19.1. The molecule has 0 aliphatic carbocycles. The van der Waals surface area contributed by atoms with Gasteiger partial charge in [-0.25, -0.2) is 4.39 Å². The molecule has 0 radical (unpaired) electrons. The highest BCUT2D eigenvalue weighted by Gasteiger charge is 2.21. The number of halogens is 1. The van der Waals surface area contributed by atoms with Gasteiger partial charge in [0.2, 0.25) is 0 Å². The standard InChI is InChI=1S/C16H17FN2/c1-11(18)15-8-14(17)6-7-16(15)19-9-12-4-2-3-5-13(12)10-19/h2-8,11H,9-10,18H2,1H3/t11-/m0/s1. The lowest BCUT2D eigenvalue weighted by Crippen LogP contribution is -2.19. The maximum atomic E-state index is 13.4. The summed E-state index contributed by atoms with van der Waals surface area (Å²) in [5.74, 6) is -0.229. The summed E-state index contributed by atoms with van der Waals surface area (Å²) >= 11 is 0. The number of rotatable bonds is 2. The topological polar surface area (TPSA) is 29.3 Å². The molecule has 1 atom stereocenters. The second-order valence-electron chi connectivity index (χ2n) is 5.12. The fraction of sp³-hybridized carbons (Fsp3) is 0.250. The molecule has 3 heteroatoms. The van der Waals surface area contributed by atoms with Crippen LogP contribution in [0, 0.1) is 5.82 Å². The minimum atomic E-state index is -0.229. The maximum absolute atomic E-state index is 13.4. The molecule has 3 rings (SSSR count). The van der Waals surface area contributed by atoms with E-state index in [2.05, 4.69) is 29.2 Å². The quantitative estimate of drug-likeness (QED) is 0.892. The Hall–Kier alpha value is -1.87. The van der Waals surface area contributed by atoms with Crippen LogP contribution in [0.1, 0.15) is 29.7 Å². The van der Waals surface area contributed by atoms with Crippen molar-refractivity contribution in [2.45, 2.75) is 26.1 Å². The first-order chi connectivity index (χ1) is 9.15. The van der Waals surface area contributed by atoms with Gasteiger partial charge in [-0.1, -0.05) is 24.3 Å². The van der Waals surface area contributed by atoms with Gasteiger partial charge in [0.05, 0.1) is 0 Å². The van der Waals surface area contributed by atoms with Crippen LogP contribution in [0.4, 0.5) is 10.1 Å². The molecule has 2 aromatic rings. The van der Waals surface area contributed by atoms with Crippen LogP contribution in [0.15, 0.2) is 42.5 Å². The van der Waals surface area contributed by atoms with E-state index in [-0.39, 0.29) is 11.9 Å². The average Bonchev–Trinajstić information content (AvgIpc) is 2.82. The minimum absolute atomic E-state index is 0.172. The van der Waals surface area contributed by atoms with Crippen molar-refractivity contribution in [3.63, 3.8) is 0 Å². The summed E-state index contributed by atoms with van der Waals surface area (Å²) in [7, 11) is 0. The van der Waals surface area contributed by atoms with Crippen molar-refractivity contribution in [2.24, 2.45) is 5.73 Å². The molecule has 2 aromatic carbocycles. The molecule has 0 amide bonds. The zero-order chi connectivity index (χ0) is 13.4. The van der Waals surface area contributed by atoms with Crippen LogP contribution in [0.3, 0.4) is 0 Å². The predicted molar refractivity (Wildman–Crippen MR) is 75.3 cm³/mol. The monoisotopic (exact) mass is 256 g/mol. The number of hydrogen-bond acceptors (Lipinski definition) is 2. The van der Waals surface area contributed by atoms with Crippen molar-refractivity contribution in [3.8, 4) is 0 Å². The average molecular weight is 256 g/mol. The lowest BCUT2D eigenvalue weighted by Gasteiger charge is -2.23. The Balaban J connectivity index is 1.97. The molecular formula is C16H17FN2. The first-order valence-electron chi connectivity index (χ1n) is 6.52. The van der Waals surface area contributed by atoms with Gasteiger partial charge in [0.25, 0.3) is 0 Å². The van der Waals surface area contributed by atoms with E-state index in [0.717, 1.165) is 24.3 Å². The number of anilines is 1. The van der Waals surface area contributed by atoms with Crippen molar-refractivity contribution in [2.75, 3.05) is 4.90 Å². The number of nitrogens with two attached hydrogens (primary N) is 1. The maximum Gasteiger partial charge on any atom is 0.123 e. The van der Waals surface area contributed by atoms with Crippen molar-refractivity contribution in [1.29, 1.82) is 0 Å². The van der Waals surface area contributed by atoms with Crippen molar-refractivity contribution in [1.82, 2.24) is 0 Å². The highest BCUT2D eigenvalue weighted by molar-refractivity contribution is 5.58. The Morgan fingerprint density at radius 1 is 1.11 bits per heavy atom. The summed E-state index contributed by atoms with van der Waals surface area (Å²) in [5, 5.41) is 0. The van der Waals surface area contributed by atoms with E-state index in [1.165, 1.54) is 17.2 Å². The van der Waals surface area contributed by atoms with E-state index >= 15 is 0 Å². The summed E-state index contributed by atoms with van der Waals surface area (Å²) in [6.07, 6.45) is 0. The Bertz CT molecular complexity index is 582. The van der Waals surface area contributed by atoms with Gasteiger partial charge >= 0.3 is 0 Å². The van der Waals surface area contributed by atoms with E-state index in [1.54, 1.807) is 6.07 Å². The van der Waals surface area contributed by atoms with Crippen LogP contribution in [0.25, 0.3) is 0 Å². The normalized spacial score (nSPS) is 15.4. The van der Waals surface area contributed by atoms with Gasteiger partial charge in [0.1, 0.15) is 5.82 Å². The van der Waals surface area contributed by atoms with E-state index in [9.17, 15) is 4.39 Å². The van der Waals surface area contributed by atoms with Crippen LogP contribution in [0.5, 0.6) is 0 Å². The summed E-state index contributed by atoms with van der Waals surface area (Å²) in [5.41, 5.74) is 10.5. The molecule has 0 bridgehead atoms. The SMILES string of the molecule is C[C@H](N)c1cc(F)ccc1N1Cc2ccccc2C1. The summed E-state index contributed by atoms with van der Waals surface area (Å²) in [6.45, 7) is 3.62. The largest absolute Gasteiger partial charge is 0.363 e. The Morgan fingerprint density at radius 2 is 1.74 bits per heavy atom. The third kappa shape index (κ3) is 2.22. The smallest absolute Gasteiger partial charge is 0.123 e. The van der Waals surface area contributed by atoms with Gasteiger partial charge in [-0.2, -0.15) is 0 Å². The van der Waals surface area contributed by atoms with Crippen molar-refractivity contribution < 1.29 is 4.39 Å². The second-order valence-corrected chi connectivity index (χ2v) is 5.12. The molecule has 0 saturated carbocycles. The van der Waals surface area contributed by atoms with E-state index in [1.807, 2.05) is 13.0 Å². The number of nitrogens with zero attached hydrogens (tertiary/aromatic N) is 1. The van der Waals surface area contributed by atoms with Crippen LogP contribution in [-0.2, 0) is 13.1 Å². The highest BCUT2D eigenvalue weighted by Crippen LogP contribution is 2.33. The van der Waals surface area contributed by atoms with Crippen LogP contribution >= 0.6 is 0 Å². The first-order valence-corrected chi connectivity index (χ1v) is 6.52. The third-order valence-electron chi connectivity index (χ3n) is 3.66. The lowest BCUT2D eigenvalue weighted by molar-refractivity contribution is 0.621. The molecule has 2 nitrogen and oxygen atoms in total. The summed E-state index contributed by atoms with van der Waals surface area (Å²) < 4.78 is 13.4. The molecule has 1 aliphatic heterocycles. The first kappa shape index (κ1) is 12.2. The molecule has 1 aliphatic rings. The van der Waals surface area contributed by atoms with Gasteiger partial charge in [-0.15, -0.1) is 0 Å². The van der Waals surface area contributed by atoms with Crippen LogP contribution in [-0.4, -0.2) is 0 Å². The molecule has 1 heterocycles. The van der Waals surface area contributed by atoms with Gasteiger partial charge in [-0.3, -0.25) is 0 Å². The van der Waals surface area contributed by atoms with Crippen molar-refractivity contribution >= 4 is 5.69 Å². The Labute approximate surface area is 112 Å². The minimum Gasteiger partial charge on any atom is -0.363 e. The Kier molecular flexibility index (Phi) is 2.99. The lowest BCUT2D eigenvalue weighted by atomic mass is 10.1. The van der Waals surface area contributed by atoms with Gasteiger partial charge < -0.3 is 10.6 Å². The molecule has 98 valence electrons. The molecule has 0 saturated heterocycles. The zero-order valence-electron chi connectivity index (χ0n) is 10.9. The molecule has 0 aromatic heterocycles. The molecule has 0 spiro atoms. The van der Waals surface area contributed by atoms with Gasteiger partial charge in [-0.05, 0) is 41.8 Å². The molecule has 19 heavy (non-hydrogen) atoms. The molecular weight excluding hydrogens is 239 g/mol. The van der Waals surface area contributed by atoms with E-state index in [0.29, 0.717) is 0 Å². The second kappa shape index (κ2) is 4.67. The van der Waals surface area contributed by atoms with Crippen LogP contribution in [0.2, 0.25) is 0 Å². The van der Waals surface area contributed by atoms with Crippen LogP contribution < -0.4 is 10.6 Å². The number of hydrogen-bond donors (Lipinski definition) is 1. The van der Waals surface area contributed by atoms with E-state index < -0.39 is 0 Å². The fourth-order valence-corrected chi connectivity index (χ4v) is 2.68. The summed E-state index contributed by atoms with van der Waals surface area (Å²) in [6, 6.07) is 13.1. The predicted octanol–water partition coefficient (Wildman–Crippen LogP) is 3.37.